The molecule has 1 heterocycles. The summed E-state index contributed by atoms with van der Waals surface area (Å²) in [5.41, 5.74) is 2.90. The van der Waals surface area contributed by atoms with Gasteiger partial charge in [-0.05, 0) is 59.6 Å². The molecule has 0 saturated heterocycles. The molecule has 4 heteroatoms. The number of hydrogen-bond donors (Lipinski definition) is 0. The van der Waals surface area contributed by atoms with E-state index in [1.807, 2.05) is 58.0 Å². The van der Waals surface area contributed by atoms with Gasteiger partial charge in [-0.15, -0.1) is 0 Å². The zero-order chi connectivity index (χ0) is 27.6. The van der Waals surface area contributed by atoms with Crippen molar-refractivity contribution in [3.63, 3.8) is 0 Å². The fourth-order valence-corrected chi connectivity index (χ4v) is 3.02. The van der Waals surface area contributed by atoms with Gasteiger partial charge in [-0.2, -0.15) is 0 Å². The monoisotopic (exact) mass is 502 g/mol. The molecule has 1 atom stereocenters. The molecule has 0 radical (unpaired) electrons. The van der Waals surface area contributed by atoms with E-state index in [-0.39, 0.29) is 13.1 Å². The van der Waals surface area contributed by atoms with Gasteiger partial charge in [-0.3, -0.25) is 0 Å². The summed E-state index contributed by atoms with van der Waals surface area (Å²) >= 11 is 0. The second kappa shape index (κ2) is 19.0. The molecule has 1 aliphatic heterocycles. The number of aryl methyl sites for hydroxylation is 1. The summed E-state index contributed by atoms with van der Waals surface area (Å²) in [5, 5.41) is 0. The van der Waals surface area contributed by atoms with Crippen molar-refractivity contribution in [2.24, 2.45) is 11.3 Å². The van der Waals surface area contributed by atoms with Gasteiger partial charge in [0, 0.05) is 6.42 Å². The average Bonchev–Trinajstić information content (AvgIpc) is 3.31. The third-order valence-electron chi connectivity index (χ3n) is 4.55. The first kappa shape index (κ1) is 33.8. The van der Waals surface area contributed by atoms with E-state index < -0.39 is 0 Å². The fourth-order valence-electron chi connectivity index (χ4n) is 3.02. The van der Waals surface area contributed by atoms with Crippen LogP contribution in [0.4, 0.5) is 0 Å². The van der Waals surface area contributed by atoms with E-state index in [1.54, 1.807) is 0 Å². The molecule has 0 amide bonds. The van der Waals surface area contributed by atoms with Crippen LogP contribution in [-0.2, 0) is 17.8 Å². The molecule has 36 heavy (non-hydrogen) atoms. The molecule has 2 aromatic rings. The zero-order valence-electron chi connectivity index (χ0n) is 25.1. The van der Waals surface area contributed by atoms with Crippen molar-refractivity contribution in [1.82, 2.24) is 0 Å². The molecule has 206 valence electrons. The van der Waals surface area contributed by atoms with Crippen molar-refractivity contribution in [2.75, 3.05) is 6.79 Å². The van der Waals surface area contributed by atoms with Crippen molar-refractivity contribution in [1.29, 1.82) is 0 Å². The summed E-state index contributed by atoms with van der Waals surface area (Å²) in [4.78, 5) is 0. The molecule has 0 bridgehead atoms. The van der Waals surface area contributed by atoms with Gasteiger partial charge in [0.2, 0.25) is 6.79 Å². The van der Waals surface area contributed by atoms with Gasteiger partial charge in [0.1, 0.15) is 5.75 Å². The Labute approximate surface area is 222 Å². The molecule has 0 N–H and O–H groups in total. The molecule has 4 nitrogen and oxygen atoms in total. The highest BCUT2D eigenvalue weighted by molar-refractivity contribution is 5.44. The summed E-state index contributed by atoms with van der Waals surface area (Å²) in [5.74, 6) is 2.90. The second-order valence-corrected chi connectivity index (χ2v) is 10.4. The molecule has 0 saturated carbocycles. The largest absolute Gasteiger partial charge is 0.465 e. The van der Waals surface area contributed by atoms with E-state index in [0.717, 1.165) is 35.7 Å². The van der Waals surface area contributed by atoms with Crippen LogP contribution in [0.15, 0.2) is 42.5 Å². The molecule has 3 rings (SSSR count). The second-order valence-electron chi connectivity index (χ2n) is 10.4. The highest BCUT2D eigenvalue weighted by Gasteiger charge is 2.16. The van der Waals surface area contributed by atoms with Crippen LogP contribution in [0.2, 0.25) is 0 Å². The molecule has 0 spiro atoms. The van der Waals surface area contributed by atoms with Crippen molar-refractivity contribution in [3.8, 4) is 17.2 Å². The topological polar surface area (TPSA) is 36.9 Å². The number of fused-ring (bicyclic) bond motifs is 1. The number of unbranched alkanes of at least 4 members (excludes halogenated alkanes) is 1. The Balaban J connectivity index is 0.00000119. The highest BCUT2D eigenvalue weighted by Crippen LogP contribution is 2.33. The summed E-state index contributed by atoms with van der Waals surface area (Å²) < 4.78 is 23.0. The minimum Gasteiger partial charge on any atom is -0.465 e. The predicted octanol–water partition coefficient (Wildman–Crippen LogP) is 9.83. The van der Waals surface area contributed by atoms with Gasteiger partial charge in [-0.1, -0.05) is 101 Å². The number of rotatable bonds is 10. The molecule has 0 aliphatic carbocycles. The molecule has 1 aliphatic rings. The van der Waals surface area contributed by atoms with Gasteiger partial charge < -0.3 is 18.9 Å². The maximum absolute atomic E-state index is 6.12. The van der Waals surface area contributed by atoms with Crippen molar-refractivity contribution in [3.05, 3.63) is 53.6 Å². The molecule has 0 aromatic heterocycles. The standard InChI is InChI=1S/C23H30O4.C5H12.2C2H6/c1-4-5-6-18-7-10-20(11-8-18)27-23(13-17(2)3)24-15-19-9-12-21-22(14-19)26-16-25-21;1-5(2,3)4;2*1-2/h7-12,14,17,23H,4-6,13,15-16H2,1-3H3;1-4H3;2*1-2H3. The van der Waals surface area contributed by atoms with Crippen molar-refractivity contribution in [2.45, 2.75) is 115 Å². The third-order valence-corrected chi connectivity index (χ3v) is 4.55. The SMILES string of the molecule is CC.CC.CC(C)(C)C.CCCCc1ccc(OC(CC(C)C)OCc2ccc3c(c2)OCO3)cc1. The minimum absolute atomic E-state index is 0.281. The molecular formula is C32H54O4. The lowest BCUT2D eigenvalue weighted by Gasteiger charge is -2.21. The quantitative estimate of drug-likeness (QED) is 0.303. The Morgan fingerprint density at radius 1 is 0.833 bits per heavy atom. The first-order chi connectivity index (χ1) is 17.1. The van der Waals surface area contributed by atoms with E-state index >= 15 is 0 Å². The van der Waals surface area contributed by atoms with Crippen LogP contribution < -0.4 is 14.2 Å². The minimum atomic E-state index is -0.281. The van der Waals surface area contributed by atoms with Gasteiger partial charge in [0.05, 0.1) is 6.61 Å². The normalized spacial score (nSPS) is 12.3. The Kier molecular flexibility index (Phi) is 17.8. The molecule has 2 aromatic carbocycles. The number of ether oxygens (including phenoxy) is 4. The predicted molar refractivity (Wildman–Crippen MR) is 154 cm³/mol. The number of benzene rings is 2. The maximum Gasteiger partial charge on any atom is 0.231 e. The molecule has 0 fully saturated rings. The van der Waals surface area contributed by atoms with Crippen LogP contribution in [0.25, 0.3) is 0 Å². The Morgan fingerprint density at radius 2 is 1.39 bits per heavy atom. The Hall–Kier alpha value is -2.20. The van der Waals surface area contributed by atoms with Crippen molar-refractivity contribution < 1.29 is 18.9 Å². The fraction of sp³-hybridized carbons (Fsp3) is 0.625. The lowest BCUT2D eigenvalue weighted by atomic mass is 10.0. The Morgan fingerprint density at radius 3 is 1.94 bits per heavy atom. The van der Waals surface area contributed by atoms with E-state index in [0.29, 0.717) is 17.9 Å². The third kappa shape index (κ3) is 15.7. The van der Waals surface area contributed by atoms with Crippen LogP contribution in [0, 0.1) is 11.3 Å². The van der Waals surface area contributed by atoms with Crippen LogP contribution in [0.1, 0.15) is 107 Å². The first-order valence-corrected chi connectivity index (χ1v) is 13.9. The lowest BCUT2D eigenvalue weighted by molar-refractivity contribution is -0.0993. The van der Waals surface area contributed by atoms with E-state index in [2.05, 4.69) is 60.6 Å². The number of hydrogen-bond acceptors (Lipinski definition) is 4. The van der Waals surface area contributed by atoms with E-state index in [9.17, 15) is 0 Å². The van der Waals surface area contributed by atoms with Gasteiger partial charge in [-0.25, -0.2) is 0 Å². The van der Waals surface area contributed by atoms with Crippen molar-refractivity contribution >= 4 is 0 Å². The zero-order valence-corrected chi connectivity index (χ0v) is 25.1. The smallest absolute Gasteiger partial charge is 0.231 e. The summed E-state index contributed by atoms with van der Waals surface area (Å²) in [6.45, 7) is 24.1. The highest BCUT2D eigenvalue weighted by atomic mass is 16.7. The summed E-state index contributed by atoms with van der Waals surface area (Å²) in [6, 6.07) is 14.3. The van der Waals surface area contributed by atoms with Gasteiger partial charge in [0.25, 0.3) is 0 Å². The Bertz CT molecular complexity index is 785. The van der Waals surface area contributed by atoms with Gasteiger partial charge >= 0.3 is 0 Å². The van der Waals surface area contributed by atoms with Crippen LogP contribution in [-0.4, -0.2) is 13.1 Å². The van der Waals surface area contributed by atoms with E-state index in [1.165, 1.54) is 18.4 Å². The van der Waals surface area contributed by atoms with Crippen LogP contribution in [0.5, 0.6) is 17.2 Å². The maximum atomic E-state index is 6.12. The van der Waals surface area contributed by atoms with Crippen LogP contribution in [0.3, 0.4) is 0 Å². The van der Waals surface area contributed by atoms with Crippen LogP contribution >= 0.6 is 0 Å². The average molecular weight is 503 g/mol. The summed E-state index contributed by atoms with van der Waals surface area (Å²) in [7, 11) is 0. The molecule has 1 unspecified atom stereocenters. The summed E-state index contributed by atoms with van der Waals surface area (Å²) in [6.07, 6.45) is 4.10. The lowest BCUT2D eigenvalue weighted by Crippen LogP contribution is -2.22. The first-order valence-electron chi connectivity index (χ1n) is 13.9. The van der Waals surface area contributed by atoms with E-state index in [4.69, 9.17) is 18.9 Å². The molecular weight excluding hydrogens is 448 g/mol. The van der Waals surface area contributed by atoms with Gasteiger partial charge in [0.15, 0.2) is 17.8 Å².